The largest absolute Gasteiger partial charge is 0.299 e. The van der Waals surface area contributed by atoms with E-state index in [1.165, 1.54) is 11.1 Å². The summed E-state index contributed by atoms with van der Waals surface area (Å²) < 4.78 is 0. The first kappa shape index (κ1) is 18.4. The monoisotopic (exact) mass is 366 g/mol. The van der Waals surface area contributed by atoms with E-state index in [1.807, 2.05) is 62.4 Å². The van der Waals surface area contributed by atoms with Gasteiger partial charge in [0, 0.05) is 21.2 Å². The molecule has 2 aromatic carbocycles. The average molecular weight is 367 g/mol. The van der Waals surface area contributed by atoms with E-state index in [4.69, 9.17) is 23.2 Å². The van der Waals surface area contributed by atoms with Crippen LogP contribution in [0.15, 0.2) is 48.5 Å². The van der Waals surface area contributed by atoms with Crippen LogP contribution in [0.5, 0.6) is 0 Å². The van der Waals surface area contributed by atoms with Crippen LogP contribution in [0.3, 0.4) is 0 Å². The molecule has 0 radical (unpaired) electrons. The molecule has 0 fully saturated rings. The number of thioether (sulfide) groups is 1. The predicted molar refractivity (Wildman–Crippen MR) is 102 cm³/mol. The number of carbonyl (C=O) groups excluding carboxylic acids is 1. The van der Waals surface area contributed by atoms with Crippen molar-refractivity contribution in [2.24, 2.45) is 5.41 Å². The summed E-state index contributed by atoms with van der Waals surface area (Å²) >= 11 is 13.8. The van der Waals surface area contributed by atoms with Gasteiger partial charge in [0.05, 0.1) is 5.25 Å². The summed E-state index contributed by atoms with van der Waals surface area (Å²) in [5.41, 5.74) is 1.99. The highest BCUT2D eigenvalue weighted by Gasteiger charge is 2.26. The maximum absolute atomic E-state index is 11.8. The molecule has 0 unspecified atom stereocenters. The van der Waals surface area contributed by atoms with Gasteiger partial charge in [0.2, 0.25) is 0 Å². The summed E-state index contributed by atoms with van der Waals surface area (Å²) in [4.78, 5) is 11.8. The van der Waals surface area contributed by atoms with Crippen LogP contribution in [-0.4, -0.2) is 11.5 Å². The van der Waals surface area contributed by atoms with Gasteiger partial charge in [-0.05, 0) is 42.3 Å². The lowest BCUT2D eigenvalue weighted by atomic mass is 9.92. The van der Waals surface area contributed by atoms with Crippen molar-refractivity contribution in [1.29, 1.82) is 0 Å². The van der Waals surface area contributed by atoms with Crippen LogP contribution in [0.2, 0.25) is 10.0 Å². The molecular weight excluding hydrogens is 347 g/mol. The zero-order chi connectivity index (χ0) is 17.0. The van der Waals surface area contributed by atoms with Crippen LogP contribution < -0.4 is 0 Å². The number of halogens is 2. The van der Waals surface area contributed by atoms with E-state index < -0.39 is 0 Å². The molecule has 0 aliphatic carbocycles. The average Bonchev–Trinajstić information content (AvgIpc) is 2.50. The molecule has 0 aliphatic rings. The van der Waals surface area contributed by atoms with Crippen molar-refractivity contribution in [1.82, 2.24) is 0 Å². The highest BCUT2D eigenvalue weighted by atomic mass is 35.5. The Morgan fingerprint density at radius 2 is 1.35 bits per heavy atom. The number of benzene rings is 2. The Labute approximate surface area is 152 Å². The quantitative estimate of drug-likeness (QED) is 0.585. The van der Waals surface area contributed by atoms with E-state index in [2.05, 4.69) is 0 Å². The Morgan fingerprint density at radius 3 is 1.70 bits per heavy atom. The first-order chi connectivity index (χ1) is 10.8. The standard InChI is InChI=1S/C19H20Cl2OS/c1-13(22)19(2,3)12-23-18(14-4-8-16(20)9-5-14)15-6-10-17(21)11-7-15/h4-11,18H,12H2,1-3H3. The van der Waals surface area contributed by atoms with Crippen LogP contribution in [0.4, 0.5) is 0 Å². The van der Waals surface area contributed by atoms with Crippen molar-refractivity contribution < 1.29 is 4.79 Å². The fraction of sp³-hybridized carbons (Fsp3) is 0.316. The van der Waals surface area contributed by atoms with Gasteiger partial charge in [-0.2, -0.15) is 0 Å². The number of Topliss-reactive ketones (excluding diaryl/α,β-unsaturated/α-hetero) is 1. The zero-order valence-electron chi connectivity index (χ0n) is 13.5. The van der Waals surface area contributed by atoms with Crippen LogP contribution >= 0.6 is 35.0 Å². The second-order valence-electron chi connectivity index (χ2n) is 6.23. The van der Waals surface area contributed by atoms with Gasteiger partial charge in [-0.25, -0.2) is 0 Å². The van der Waals surface area contributed by atoms with Crippen molar-refractivity contribution in [3.8, 4) is 0 Å². The third-order valence-electron chi connectivity index (χ3n) is 3.91. The molecule has 0 saturated carbocycles. The molecule has 0 saturated heterocycles. The molecular formula is C19H20Cl2OS. The lowest BCUT2D eigenvalue weighted by Crippen LogP contribution is -2.24. The van der Waals surface area contributed by atoms with Gasteiger partial charge in [0.25, 0.3) is 0 Å². The molecule has 122 valence electrons. The summed E-state index contributed by atoms with van der Waals surface area (Å²) in [6.07, 6.45) is 0. The van der Waals surface area contributed by atoms with Crippen LogP contribution in [0.25, 0.3) is 0 Å². The van der Waals surface area contributed by atoms with Crippen LogP contribution in [-0.2, 0) is 4.79 Å². The van der Waals surface area contributed by atoms with E-state index >= 15 is 0 Å². The summed E-state index contributed by atoms with van der Waals surface area (Å²) in [5.74, 6) is 0.953. The SMILES string of the molecule is CC(=O)C(C)(C)CSC(c1ccc(Cl)cc1)c1ccc(Cl)cc1. The van der Waals surface area contributed by atoms with Crippen molar-refractivity contribution >= 4 is 40.7 Å². The molecule has 2 aromatic rings. The maximum Gasteiger partial charge on any atom is 0.136 e. The number of hydrogen-bond acceptors (Lipinski definition) is 2. The molecule has 0 aliphatic heterocycles. The number of rotatable bonds is 6. The van der Waals surface area contributed by atoms with Crippen molar-refractivity contribution in [2.45, 2.75) is 26.0 Å². The van der Waals surface area contributed by atoms with Crippen molar-refractivity contribution in [3.05, 3.63) is 69.7 Å². The molecule has 23 heavy (non-hydrogen) atoms. The first-order valence-electron chi connectivity index (χ1n) is 7.43. The minimum atomic E-state index is -0.345. The Morgan fingerprint density at radius 1 is 0.957 bits per heavy atom. The number of ketones is 1. The van der Waals surface area contributed by atoms with Crippen molar-refractivity contribution in [2.75, 3.05) is 5.75 Å². The first-order valence-corrected chi connectivity index (χ1v) is 9.23. The van der Waals surface area contributed by atoms with Gasteiger partial charge in [0.15, 0.2) is 0 Å². The molecule has 0 heterocycles. The summed E-state index contributed by atoms with van der Waals surface area (Å²) in [6, 6.07) is 15.7. The Hall–Kier alpha value is -0.960. The minimum Gasteiger partial charge on any atom is -0.299 e. The van der Waals surface area contributed by atoms with Gasteiger partial charge in [0.1, 0.15) is 5.78 Å². The van der Waals surface area contributed by atoms with E-state index in [9.17, 15) is 4.79 Å². The lowest BCUT2D eigenvalue weighted by molar-refractivity contribution is -0.123. The summed E-state index contributed by atoms with van der Waals surface area (Å²) in [6.45, 7) is 5.63. The highest BCUT2D eigenvalue weighted by molar-refractivity contribution is 7.99. The molecule has 2 rings (SSSR count). The smallest absolute Gasteiger partial charge is 0.136 e. The Kier molecular flexibility index (Phi) is 6.19. The van der Waals surface area contributed by atoms with E-state index in [0.29, 0.717) is 0 Å². The fourth-order valence-electron chi connectivity index (χ4n) is 2.05. The molecule has 1 nitrogen and oxygen atoms in total. The maximum atomic E-state index is 11.8. The predicted octanol–water partition coefficient (Wildman–Crippen LogP) is 6.43. The van der Waals surface area contributed by atoms with Crippen molar-refractivity contribution in [3.63, 3.8) is 0 Å². The molecule has 0 spiro atoms. The summed E-state index contributed by atoms with van der Waals surface area (Å²) in [5, 5.41) is 1.58. The third-order valence-corrected chi connectivity index (χ3v) is 6.18. The molecule has 0 aromatic heterocycles. The number of carbonyl (C=O) groups is 1. The topological polar surface area (TPSA) is 17.1 Å². The molecule has 4 heteroatoms. The van der Waals surface area contributed by atoms with Gasteiger partial charge in [-0.3, -0.25) is 4.79 Å². The molecule has 0 N–H and O–H groups in total. The number of hydrogen-bond donors (Lipinski definition) is 0. The normalized spacial score (nSPS) is 11.7. The minimum absolute atomic E-state index is 0.142. The second kappa shape index (κ2) is 7.74. The van der Waals surface area contributed by atoms with Gasteiger partial charge in [-0.1, -0.05) is 61.3 Å². The van der Waals surface area contributed by atoms with Gasteiger partial charge in [-0.15, -0.1) is 11.8 Å². The molecule has 0 amide bonds. The van der Waals surface area contributed by atoms with Gasteiger partial charge < -0.3 is 0 Å². The highest BCUT2D eigenvalue weighted by Crippen LogP contribution is 2.39. The molecule has 0 bridgehead atoms. The van der Waals surface area contributed by atoms with Crippen LogP contribution in [0.1, 0.15) is 37.1 Å². The second-order valence-corrected chi connectivity index (χ2v) is 8.20. The third kappa shape index (κ3) is 5.00. The Bertz CT molecular complexity index is 617. The Balaban J connectivity index is 2.29. The lowest BCUT2D eigenvalue weighted by Gasteiger charge is -2.25. The van der Waals surface area contributed by atoms with Crippen LogP contribution in [0, 0.1) is 5.41 Å². The summed E-state index contributed by atoms with van der Waals surface area (Å²) in [7, 11) is 0. The fourth-order valence-corrected chi connectivity index (χ4v) is 3.79. The molecule has 0 atom stereocenters. The van der Waals surface area contributed by atoms with Gasteiger partial charge >= 0.3 is 0 Å². The van der Waals surface area contributed by atoms with E-state index in [0.717, 1.165) is 15.8 Å². The van der Waals surface area contributed by atoms with E-state index in [-0.39, 0.29) is 16.4 Å². The van der Waals surface area contributed by atoms with E-state index in [1.54, 1.807) is 18.7 Å². The zero-order valence-corrected chi connectivity index (χ0v) is 15.8.